The fourth-order valence-corrected chi connectivity index (χ4v) is 4.20. The first kappa shape index (κ1) is 26.5. The molecule has 37 heavy (non-hydrogen) atoms. The summed E-state index contributed by atoms with van der Waals surface area (Å²) in [6.07, 6.45) is -7.71. The topological polar surface area (TPSA) is 167 Å². The number of ether oxygens (including phenoxy) is 6. The van der Waals surface area contributed by atoms with Gasteiger partial charge < -0.3 is 53.3 Å². The van der Waals surface area contributed by atoms with Crippen LogP contribution in [0.1, 0.15) is 0 Å². The number of hydrogen-bond donors (Lipinski definition) is 4. The molecule has 12 heteroatoms. The molecule has 0 bridgehead atoms. The van der Waals surface area contributed by atoms with Gasteiger partial charge in [-0.25, -0.2) is 0 Å². The smallest absolute Gasteiger partial charge is 0.229 e. The number of aliphatic hydroxyl groups excluding tert-OH is 4. The molecular weight excluding hydrogens is 492 g/mol. The molecule has 12 nitrogen and oxygen atoms in total. The van der Waals surface area contributed by atoms with Crippen LogP contribution in [0.4, 0.5) is 0 Å². The third-order valence-corrected chi connectivity index (χ3v) is 6.07. The van der Waals surface area contributed by atoms with Gasteiger partial charge in [0, 0.05) is 12.1 Å². The van der Waals surface area contributed by atoms with Gasteiger partial charge in [0.05, 0.1) is 40.6 Å². The average Bonchev–Trinajstić information content (AvgIpc) is 2.91. The predicted molar refractivity (Wildman–Crippen MR) is 129 cm³/mol. The van der Waals surface area contributed by atoms with E-state index in [-0.39, 0.29) is 34.0 Å². The van der Waals surface area contributed by atoms with Gasteiger partial charge >= 0.3 is 0 Å². The zero-order valence-corrected chi connectivity index (χ0v) is 20.5. The van der Waals surface area contributed by atoms with Crippen LogP contribution in [0.25, 0.3) is 22.3 Å². The molecule has 2 aromatic carbocycles. The van der Waals surface area contributed by atoms with Gasteiger partial charge in [0.2, 0.25) is 12.0 Å². The van der Waals surface area contributed by atoms with Crippen molar-refractivity contribution in [2.24, 2.45) is 0 Å². The second kappa shape index (κ2) is 10.8. The molecule has 200 valence electrons. The lowest BCUT2D eigenvalue weighted by Gasteiger charge is -2.39. The minimum absolute atomic E-state index is 0.0335. The van der Waals surface area contributed by atoms with Gasteiger partial charge in [0.1, 0.15) is 41.3 Å². The van der Waals surface area contributed by atoms with Crippen LogP contribution < -0.4 is 29.1 Å². The van der Waals surface area contributed by atoms with E-state index < -0.39 is 42.7 Å². The molecule has 1 fully saturated rings. The number of hydrogen-bond acceptors (Lipinski definition) is 12. The van der Waals surface area contributed by atoms with Gasteiger partial charge in [-0.05, 0) is 12.1 Å². The molecule has 3 aromatic rings. The van der Waals surface area contributed by atoms with Crippen molar-refractivity contribution in [2.75, 3.05) is 35.0 Å². The maximum absolute atomic E-state index is 13.4. The number of para-hydroxylation sites is 1. The van der Waals surface area contributed by atoms with E-state index in [9.17, 15) is 25.2 Å². The zero-order chi connectivity index (χ0) is 26.9. The third kappa shape index (κ3) is 4.65. The molecule has 0 unspecified atom stereocenters. The summed E-state index contributed by atoms with van der Waals surface area (Å²) in [5, 5.41) is 40.0. The average molecular weight is 520 g/mol. The highest BCUT2D eigenvalue weighted by atomic mass is 16.7. The summed E-state index contributed by atoms with van der Waals surface area (Å²) in [5.74, 6) is 1.01. The quantitative estimate of drug-likeness (QED) is 0.328. The van der Waals surface area contributed by atoms with E-state index in [0.717, 1.165) is 0 Å². The van der Waals surface area contributed by atoms with Crippen molar-refractivity contribution in [1.29, 1.82) is 0 Å². The maximum Gasteiger partial charge on any atom is 0.229 e. The highest BCUT2D eigenvalue weighted by Crippen LogP contribution is 2.44. The Morgan fingerprint density at radius 3 is 2.16 bits per heavy atom. The number of fused-ring (bicyclic) bond motifs is 1. The van der Waals surface area contributed by atoms with Crippen molar-refractivity contribution < 1.29 is 53.3 Å². The van der Waals surface area contributed by atoms with Crippen LogP contribution >= 0.6 is 0 Å². The lowest BCUT2D eigenvalue weighted by Crippen LogP contribution is -2.60. The normalized spacial score (nSPS) is 23.5. The Balaban J connectivity index is 1.90. The minimum Gasteiger partial charge on any atom is -0.493 e. The summed E-state index contributed by atoms with van der Waals surface area (Å²) < 4.78 is 39.0. The highest BCUT2D eigenvalue weighted by Gasteiger charge is 2.45. The molecule has 2 heterocycles. The van der Waals surface area contributed by atoms with E-state index in [4.69, 9.17) is 32.8 Å². The first-order chi connectivity index (χ1) is 17.8. The van der Waals surface area contributed by atoms with Gasteiger partial charge in [0.15, 0.2) is 28.3 Å². The fraction of sp³-hybridized carbons (Fsp3) is 0.400. The summed E-state index contributed by atoms with van der Waals surface area (Å²) in [7, 11) is 5.67. The van der Waals surface area contributed by atoms with Crippen molar-refractivity contribution in [3.63, 3.8) is 0 Å². The molecule has 0 radical (unpaired) electrons. The molecule has 4 rings (SSSR count). The molecule has 0 spiro atoms. The van der Waals surface area contributed by atoms with Gasteiger partial charge in [-0.2, -0.15) is 0 Å². The van der Waals surface area contributed by atoms with Crippen LogP contribution in [0.5, 0.6) is 28.7 Å². The van der Waals surface area contributed by atoms with Crippen LogP contribution in [0.3, 0.4) is 0 Å². The Bertz CT molecular complexity index is 1320. The molecule has 5 atom stereocenters. The predicted octanol–water partition coefficient (Wildman–Crippen LogP) is 0.673. The Hall–Kier alpha value is -3.55. The van der Waals surface area contributed by atoms with E-state index in [2.05, 4.69) is 0 Å². The standard InChI is InChI=1S/C25H28O12/c1-31-13-7-5-6-11(22(13)33-3)14-8-12(27)18-15(9-16(32-2)23(34-4)24(18)35-14)36-25-21(30)20(29)19(28)17(10-26)37-25/h5-9,17,19-21,25-26,28-30H,10H2,1-4H3/t17-,19+,20-,21-,25+/m1/s1. The Morgan fingerprint density at radius 2 is 1.54 bits per heavy atom. The molecule has 4 N–H and O–H groups in total. The van der Waals surface area contributed by atoms with Gasteiger partial charge in [-0.1, -0.05) is 6.07 Å². The van der Waals surface area contributed by atoms with Crippen LogP contribution in [0, 0.1) is 0 Å². The Labute approximate surface area is 211 Å². The molecule has 1 saturated heterocycles. The zero-order valence-electron chi connectivity index (χ0n) is 20.5. The Kier molecular flexibility index (Phi) is 7.76. The van der Waals surface area contributed by atoms with Crippen molar-refractivity contribution in [3.05, 3.63) is 40.6 Å². The van der Waals surface area contributed by atoms with E-state index in [1.165, 1.54) is 40.6 Å². The first-order valence-electron chi connectivity index (χ1n) is 11.2. The van der Waals surface area contributed by atoms with Crippen LogP contribution in [0.2, 0.25) is 0 Å². The Morgan fingerprint density at radius 1 is 0.838 bits per heavy atom. The SMILES string of the molecule is COc1cccc(-c2cc(=O)c3c(O[C@H]4O[C@H](CO)[C@H](O)[C@@H](O)[C@H]4O)cc(OC)c(OC)c3o2)c1OC. The van der Waals surface area contributed by atoms with Crippen molar-refractivity contribution in [1.82, 2.24) is 0 Å². The van der Waals surface area contributed by atoms with Crippen LogP contribution in [-0.2, 0) is 4.74 Å². The monoisotopic (exact) mass is 520 g/mol. The summed E-state index contributed by atoms with van der Waals surface area (Å²) in [6, 6.07) is 7.65. The molecule has 0 amide bonds. The maximum atomic E-state index is 13.4. The van der Waals surface area contributed by atoms with Gasteiger partial charge in [-0.3, -0.25) is 4.79 Å². The van der Waals surface area contributed by atoms with E-state index in [1.807, 2.05) is 0 Å². The summed E-state index contributed by atoms with van der Waals surface area (Å²) >= 11 is 0. The first-order valence-corrected chi connectivity index (χ1v) is 11.2. The van der Waals surface area contributed by atoms with E-state index >= 15 is 0 Å². The van der Waals surface area contributed by atoms with Gasteiger partial charge in [-0.15, -0.1) is 0 Å². The van der Waals surface area contributed by atoms with Crippen molar-refractivity contribution in [2.45, 2.75) is 30.7 Å². The fourth-order valence-electron chi connectivity index (χ4n) is 4.20. The second-order valence-electron chi connectivity index (χ2n) is 8.15. The van der Waals surface area contributed by atoms with Crippen LogP contribution in [0.15, 0.2) is 39.5 Å². The van der Waals surface area contributed by atoms with Crippen LogP contribution in [-0.4, -0.2) is 86.2 Å². The molecule has 0 saturated carbocycles. The van der Waals surface area contributed by atoms with E-state index in [1.54, 1.807) is 18.2 Å². The third-order valence-electron chi connectivity index (χ3n) is 6.07. The molecule has 1 aromatic heterocycles. The minimum atomic E-state index is -1.70. The molecule has 0 aliphatic carbocycles. The molecule has 1 aliphatic heterocycles. The highest BCUT2D eigenvalue weighted by molar-refractivity contribution is 5.92. The molecule has 1 aliphatic rings. The summed E-state index contributed by atoms with van der Waals surface area (Å²) in [5.41, 5.74) is -0.141. The van der Waals surface area contributed by atoms with Crippen molar-refractivity contribution >= 4 is 11.0 Å². The lowest BCUT2D eigenvalue weighted by atomic mass is 9.99. The molecular formula is C25H28O12. The largest absolute Gasteiger partial charge is 0.493 e. The number of aliphatic hydroxyl groups is 4. The summed E-state index contributed by atoms with van der Waals surface area (Å²) in [4.78, 5) is 13.4. The van der Waals surface area contributed by atoms with E-state index in [0.29, 0.717) is 17.1 Å². The number of benzene rings is 2. The van der Waals surface area contributed by atoms with Gasteiger partial charge in [0.25, 0.3) is 0 Å². The number of rotatable bonds is 8. The van der Waals surface area contributed by atoms with Crippen molar-refractivity contribution in [3.8, 4) is 40.1 Å². The lowest BCUT2D eigenvalue weighted by molar-refractivity contribution is -0.277. The summed E-state index contributed by atoms with van der Waals surface area (Å²) in [6.45, 7) is -0.647. The number of methoxy groups -OCH3 is 4. The second-order valence-corrected chi connectivity index (χ2v) is 8.15.